The first-order valence-corrected chi connectivity index (χ1v) is 5.98. The predicted molar refractivity (Wildman–Crippen MR) is 71.1 cm³/mol. The molecular formula is C13H14ClN3O. The Balaban J connectivity index is 2.33. The molecular weight excluding hydrogens is 250 g/mol. The molecule has 5 heteroatoms. The fourth-order valence-electron chi connectivity index (χ4n) is 1.51. The molecule has 0 spiro atoms. The molecule has 2 rings (SSSR count). The van der Waals surface area contributed by atoms with Crippen molar-refractivity contribution in [3.05, 3.63) is 46.9 Å². The fraction of sp³-hybridized carbons (Fsp3) is 0.231. The van der Waals surface area contributed by atoms with Crippen molar-refractivity contribution in [1.29, 1.82) is 0 Å². The molecule has 1 N–H and O–H groups in total. The van der Waals surface area contributed by atoms with Crippen LogP contribution >= 0.6 is 11.6 Å². The molecule has 4 nitrogen and oxygen atoms in total. The molecule has 0 amide bonds. The number of hydrogen-bond acceptors (Lipinski definition) is 4. The van der Waals surface area contributed by atoms with Gasteiger partial charge in [0.1, 0.15) is 11.6 Å². The summed E-state index contributed by atoms with van der Waals surface area (Å²) in [5, 5.41) is 3.61. The van der Waals surface area contributed by atoms with Crippen molar-refractivity contribution < 1.29 is 4.74 Å². The van der Waals surface area contributed by atoms with Crippen molar-refractivity contribution in [1.82, 2.24) is 15.3 Å². The van der Waals surface area contributed by atoms with E-state index < -0.39 is 0 Å². The maximum Gasteiger partial charge on any atom is 0.227 e. The van der Waals surface area contributed by atoms with Crippen molar-refractivity contribution in [3.8, 4) is 11.6 Å². The minimum absolute atomic E-state index is 0.532. The molecule has 0 saturated carbocycles. The third kappa shape index (κ3) is 2.97. The highest BCUT2D eigenvalue weighted by molar-refractivity contribution is 6.32. The summed E-state index contributed by atoms with van der Waals surface area (Å²) in [5.74, 6) is 1.79. The van der Waals surface area contributed by atoms with Crippen molar-refractivity contribution >= 4 is 11.6 Å². The zero-order chi connectivity index (χ0) is 13.0. The lowest BCUT2D eigenvalue weighted by Crippen LogP contribution is -2.08. The summed E-state index contributed by atoms with van der Waals surface area (Å²) in [5.41, 5.74) is 0.892. The van der Waals surface area contributed by atoms with Crippen molar-refractivity contribution in [2.75, 3.05) is 7.05 Å². The quantitative estimate of drug-likeness (QED) is 0.921. The number of para-hydroxylation sites is 1. The van der Waals surface area contributed by atoms with Crippen LogP contribution in [0.15, 0.2) is 30.5 Å². The smallest absolute Gasteiger partial charge is 0.227 e. The molecule has 1 aromatic carbocycles. The Hall–Kier alpha value is -1.65. The van der Waals surface area contributed by atoms with E-state index in [0.29, 0.717) is 29.0 Å². The van der Waals surface area contributed by atoms with E-state index in [0.717, 1.165) is 5.56 Å². The highest BCUT2D eigenvalue weighted by Gasteiger charge is 2.09. The van der Waals surface area contributed by atoms with Crippen LogP contribution in [0.5, 0.6) is 11.6 Å². The summed E-state index contributed by atoms with van der Waals surface area (Å²) in [6.07, 6.45) is 1.75. The van der Waals surface area contributed by atoms with E-state index in [1.165, 1.54) is 0 Å². The van der Waals surface area contributed by atoms with Crippen molar-refractivity contribution in [2.24, 2.45) is 0 Å². The Bertz CT molecular complexity index is 546. The SMILES string of the molecule is CNCc1cnc(C)nc1Oc1ccccc1Cl. The van der Waals surface area contributed by atoms with Gasteiger partial charge >= 0.3 is 0 Å². The number of aromatic nitrogens is 2. The van der Waals surface area contributed by atoms with Crippen LogP contribution in [0.25, 0.3) is 0 Å². The van der Waals surface area contributed by atoms with E-state index in [9.17, 15) is 0 Å². The summed E-state index contributed by atoms with van der Waals surface area (Å²) in [7, 11) is 1.86. The van der Waals surface area contributed by atoms with Crippen LogP contribution in [0.3, 0.4) is 0 Å². The van der Waals surface area contributed by atoms with Gasteiger partial charge in [-0.3, -0.25) is 0 Å². The van der Waals surface area contributed by atoms with Crippen LogP contribution in [0.2, 0.25) is 5.02 Å². The normalized spacial score (nSPS) is 10.4. The van der Waals surface area contributed by atoms with E-state index in [2.05, 4.69) is 15.3 Å². The average molecular weight is 264 g/mol. The highest BCUT2D eigenvalue weighted by atomic mass is 35.5. The third-order valence-corrected chi connectivity index (χ3v) is 2.67. The molecule has 0 aliphatic carbocycles. The lowest BCUT2D eigenvalue weighted by molar-refractivity contribution is 0.451. The molecule has 1 heterocycles. The molecule has 1 aromatic heterocycles. The van der Waals surface area contributed by atoms with Gasteiger partial charge in [-0.05, 0) is 26.1 Å². The van der Waals surface area contributed by atoms with Gasteiger partial charge in [0, 0.05) is 18.3 Å². The predicted octanol–water partition coefficient (Wildman–Crippen LogP) is 2.95. The van der Waals surface area contributed by atoms with Gasteiger partial charge in [0.2, 0.25) is 5.88 Å². The molecule has 0 unspecified atom stereocenters. The van der Waals surface area contributed by atoms with E-state index in [1.807, 2.05) is 32.2 Å². The number of nitrogens with one attached hydrogen (secondary N) is 1. The molecule has 0 aliphatic heterocycles. The van der Waals surface area contributed by atoms with E-state index in [1.54, 1.807) is 12.3 Å². The number of benzene rings is 1. The molecule has 94 valence electrons. The Morgan fingerprint density at radius 1 is 1.33 bits per heavy atom. The monoisotopic (exact) mass is 263 g/mol. The lowest BCUT2D eigenvalue weighted by Gasteiger charge is -2.11. The van der Waals surface area contributed by atoms with Crippen LogP contribution in [0.4, 0.5) is 0 Å². The fourth-order valence-corrected chi connectivity index (χ4v) is 1.68. The van der Waals surface area contributed by atoms with Gasteiger partial charge < -0.3 is 10.1 Å². The first-order valence-electron chi connectivity index (χ1n) is 5.60. The van der Waals surface area contributed by atoms with Crippen LogP contribution in [-0.4, -0.2) is 17.0 Å². The van der Waals surface area contributed by atoms with Crippen molar-refractivity contribution in [3.63, 3.8) is 0 Å². The second kappa shape index (κ2) is 5.80. The second-order valence-electron chi connectivity index (χ2n) is 3.81. The maximum atomic E-state index is 6.06. The number of hydrogen-bond donors (Lipinski definition) is 1. The number of nitrogens with zero attached hydrogens (tertiary/aromatic N) is 2. The largest absolute Gasteiger partial charge is 0.437 e. The van der Waals surface area contributed by atoms with Gasteiger partial charge in [0.25, 0.3) is 0 Å². The topological polar surface area (TPSA) is 47.0 Å². The number of halogens is 1. The molecule has 18 heavy (non-hydrogen) atoms. The Morgan fingerprint density at radius 2 is 2.11 bits per heavy atom. The molecule has 0 aliphatic rings. The Labute approximate surface area is 111 Å². The third-order valence-electron chi connectivity index (χ3n) is 2.36. The first-order chi connectivity index (χ1) is 8.70. The molecule has 2 aromatic rings. The summed E-state index contributed by atoms with van der Waals surface area (Å²) < 4.78 is 5.75. The summed E-state index contributed by atoms with van der Waals surface area (Å²) in [6.45, 7) is 2.46. The Morgan fingerprint density at radius 3 is 2.83 bits per heavy atom. The van der Waals surface area contributed by atoms with Crippen LogP contribution in [-0.2, 0) is 6.54 Å². The summed E-state index contributed by atoms with van der Waals surface area (Å²) in [6, 6.07) is 7.31. The standard InChI is InChI=1S/C13H14ClN3O/c1-9-16-8-10(7-15-2)13(17-9)18-12-6-4-3-5-11(12)14/h3-6,8,15H,7H2,1-2H3. The van der Waals surface area contributed by atoms with Gasteiger partial charge in [-0.15, -0.1) is 0 Å². The molecule has 0 saturated heterocycles. The van der Waals surface area contributed by atoms with Crippen molar-refractivity contribution in [2.45, 2.75) is 13.5 Å². The highest BCUT2D eigenvalue weighted by Crippen LogP contribution is 2.29. The van der Waals surface area contributed by atoms with Gasteiger partial charge in [-0.25, -0.2) is 4.98 Å². The van der Waals surface area contributed by atoms with E-state index in [4.69, 9.17) is 16.3 Å². The average Bonchev–Trinajstić information content (AvgIpc) is 2.36. The molecule has 0 bridgehead atoms. The van der Waals surface area contributed by atoms with Gasteiger partial charge in [-0.2, -0.15) is 4.98 Å². The zero-order valence-electron chi connectivity index (χ0n) is 10.3. The van der Waals surface area contributed by atoms with Gasteiger partial charge in [0.15, 0.2) is 0 Å². The second-order valence-corrected chi connectivity index (χ2v) is 4.22. The van der Waals surface area contributed by atoms with Crippen LogP contribution in [0.1, 0.15) is 11.4 Å². The number of ether oxygens (including phenoxy) is 1. The van der Waals surface area contributed by atoms with E-state index in [-0.39, 0.29) is 0 Å². The summed E-state index contributed by atoms with van der Waals surface area (Å²) in [4.78, 5) is 8.45. The minimum atomic E-state index is 0.532. The maximum absolute atomic E-state index is 6.06. The molecule has 0 fully saturated rings. The lowest BCUT2D eigenvalue weighted by atomic mass is 10.3. The number of rotatable bonds is 4. The van der Waals surface area contributed by atoms with E-state index >= 15 is 0 Å². The number of aryl methyl sites for hydroxylation is 1. The summed E-state index contributed by atoms with van der Waals surface area (Å²) >= 11 is 6.06. The van der Waals surface area contributed by atoms with Gasteiger partial charge in [-0.1, -0.05) is 23.7 Å². The molecule has 0 atom stereocenters. The first kappa shape index (κ1) is 12.8. The van der Waals surface area contributed by atoms with Crippen LogP contribution < -0.4 is 10.1 Å². The Kier molecular flexibility index (Phi) is 4.12. The minimum Gasteiger partial charge on any atom is -0.437 e. The van der Waals surface area contributed by atoms with Gasteiger partial charge in [0.05, 0.1) is 5.02 Å². The molecule has 0 radical (unpaired) electrons. The van der Waals surface area contributed by atoms with Crippen LogP contribution in [0, 0.1) is 6.92 Å². The zero-order valence-corrected chi connectivity index (χ0v) is 11.0.